The lowest BCUT2D eigenvalue weighted by atomic mass is 10.1. The van der Waals surface area contributed by atoms with Gasteiger partial charge in [0, 0.05) is 12.8 Å². The topological polar surface area (TPSA) is 80.4 Å². The lowest BCUT2D eigenvalue weighted by Gasteiger charge is -1.97. The van der Waals surface area contributed by atoms with Crippen LogP contribution in [0.2, 0.25) is 0 Å². The third-order valence-electron chi connectivity index (χ3n) is 2.29. The zero-order valence-corrected chi connectivity index (χ0v) is 11.0. The molecule has 0 aliphatic carbocycles. The Hall–Kier alpha value is -2.10. The van der Waals surface area contributed by atoms with E-state index in [1.165, 1.54) is 5.56 Å². The van der Waals surface area contributed by atoms with Gasteiger partial charge in [-0.3, -0.25) is 9.59 Å². The molecule has 1 amide bonds. The molecule has 0 aliphatic rings. The number of hydrogen-bond acceptors (Lipinski definition) is 2. The van der Waals surface area contributed by atoms with Gasteiger partial charge in [-0.2, -0.15) is 0 Å². The van der Waals surface area contributed by atoms with Crippen LogP contribution in [0.25, 0.3) is 0 Å². The summed E-state index contributed by atoms with van der Waals surface area (Å²) in [6.45, 7) is 3.42. The van der Waals surface area contributed by atoms with Crippen molar-refractivity contribution < 1.29 is 14.7 Å². The third-order valence-corrected chi connectivity index (χ3v) is 2.29. The summed E-state index contributed by atoms with van der Waals surface area (Å²) >= 11 is 0. The van der Waals surface area contributed by atoms with Gasteiger partial charge in [0.25, 0.3) is 0 Å². The van der Waals surface area contributed by atoms with Crippen molar-refractivity contribution in [1.29, 1.82) is 0 Å². The number of carboxylic acids is 1. The van der Waals surface area contributed by atoms with Crippen LogP contribution in [0, 0.1) is 0 Å². The first-order valence-electron chi connectivity index (χ1n) is 6.21. The maximum atomic E-state index is 10.2. The van der Waals surface area contributed by atoms with Crippen LogP contribution in [0.1, 0.15) is 31.2 Å². The number of nitrogens with two attached hydrogens (primary N) is 1. The SMILES string of the molecule is C=CCCC(N)=O.O=C(O)CCCc1ccccc1. The van der Waals surface area contributed by atoms with Crippen molar-refractivity contribution in [2.75, 3.05) is 0 Å². The third kappa shape index (κ3) is 12.2. The largest absolute Gasteiger partial charge is 0.481 e. The van der Waals surface area contributed by atoms with Crippen LogP contribution in [0.15, 0.2) is 43.0 Å². The van der Waals surface area contributed by atoms with Gasteiger partial charge in [0.1, 0.15) is 0 Å². The minimum absolute atomic E-state index is 0.259. The Labute approximate surface area is 113 Å². The van der Waals surface area contributed by atoms with Gasteiger partial charge >= 0.3 is 5.97 Å². The van der Waals surface area contributed by atoms with Gasteiger partial charge < -0.3 is 10.8 Å². The molecule has 0 bridgehead atoms. The monoisotopic (exact) mass is 263 g/mol. The molecule has 0 spiro atoms. The number of allylic oxidation sites excluding steroid dienone is 1. The fourth-order valence-corrected chi connectivity index (χ4v) is 1.33. The summed E-state index contributed by atoms with van der Waals surface area (Å²) < 4.78 is 0. The van der Waals surface area contributed by atoms with Crippen molar-refractivity contribution in [2.45, 2.75) is 32.1 Å². The number of hydrogen-bond donors (Lipinski definition) is 2. The second-order valence-corrected chi connectivity index (χ2v) is 4.03. The van der Waals surface area contributed by atoms with Gasteiger partial charge in [0.05, 0.1) is 0 Å². The molecule has 19 heavy (non-hydrogen) atoms. The van der Waals surface area contributed by atoms with E-state index in [-0.39, 0.29) is 12.3 Å². The number of benzene rings is 1. The van der Waals surface area contributed by atoms with Crippen molar-refractivity contribution in [3.8, 4) is 0 Å². The van der Waals surface area contributed by atoms with Crippen molar-refractivity contribution in [3.63, 3.8) is 0 Å². The van der Waals surface area contributed by atoms with Crippen LogP contribution in [-0.4, -0.2) is 17.0 Å². The molecule has 0 heterocycles. The standard InChI is InChI=1S/C10H12O2.C5H9NO/c11-10(12)8-4-7-9-5-2-1-3-6-9;1-2-3-4-5(6)7/h1-3,5-6H,4,7-8H2,(H,11,12);2H,1,3-4H2,(H2,6,7). The lowest BCUT2D eigenvalue weighted by molar-refractivity contribution is -0.137. The quantitative estimate of drug-likeness (QED) is 0.742. The number of aryl methyl sites for hydroxylation is 1. The number of rotatable bonds is 7. The average Bonchev–Trinajstić information content (AvgIpc) is 2.38. The number of carbonyl (C=O) groups is 2. The fourth-order valence-electron chi connectivity index (χ4n) is 1.33. The molecule has 0 saturated carbocycles. The number of carboxylic acid groups (broad SMARTS) is 1. The average molecular weight is 263 g/mol. The summed E-state index contributed by atoms with van der Waals surface area (Å²) in [5.74, 6) is -0.981. The van der Waals surface area contributed by atoms with Gasteiger partial charge in [-0.15, -0.1) is 6.58 Å². The van der Waals surface area contributed by atoms with E-state index in [4.69, 9.17) is 10.8 Å². The maximum absolute atomic E-state index is 10.2. The van der Waals surface area contributed by atoms with Crippen LogP contribution < -0.4 is 5.73 Å². The highest BCUT2D eigenvalue weighted by Gasteiger charge is 1.96. The molecule has 0 fully saturated rings. The van der Waals surface area contributed by atoms with Gasteiger partial charge in [-0.1, -0.05) is 36.4 Å². The molecule has 1 rings (SSSR count). The summed E-state index contributed by atoms with van der Waals surface area (Å²) in [5, 5.41) is 8.39. The molecular formula is C15H21NO3. The van der Waals surface area contributed by atoms with Crippen molar-refractivity contribution in [3.05, 3.63) is 48.6 Å². The Bertz CT molecular complexity index is 388. The second kappa shape index (κ2) is 11.0. The minimum Gasteiger partial charge on any atom is -0.481 e. The molecule has 0 saturated heterocycles. The molecule has 0 radical (unpaired) electrons. The summed E-state index contributed by atoms with van der Waals surface area (Å²) in [7, 11) is 0. The Balaban J connectivity index is 0.000000399. The Kier molecular flexibility index (Phi) is 9.80. The zero-order valence-electron chi connectivity index (χ0n) is 11.0. The van der Waals surface area contributed by atoms with E-state index in [0.29, 0.717) is 12.8 Å². The first-order valence-corrected chi connectivity index (χ1v) is 6.21. The molecule has 3 N–H and O–H groups in total. The summed E-state index contributed by atoms with van der Waals surface area (Å²) in [6, 6.07) is 9.93. The van der Waals surface area contributed by atoms with Crippen LogP contribution in [0.4, 0.5) is 0 Å². The molecule has 4 heteroatoms. The number of aliphatic carboxylic acids is 1. The molecular weight excluding hydrogens is 242 g/mol. The summed E-state index contributed by atoms with van der Waals surface area (Å²) in [6.07, 6.45) is 4.62. The Morgan fingerprint density at radius 1 is 1.21 bits per heavy atom. The molecule has 0 unspecified atom stereocenters. The van der Waals surface area contributed by atoms with E-state index in [1.807, 2.05) is 30.3 Å². The van der Waals surface area contributed by atoms with Crippen LogP contribution >= 0.6 is 0 Å². The number of carbonyl (C=O) groups excluding carboxylic acids is 1. The maximum Gasteiger partial charge on any atom is 0.303 e. The van der Waals surface area contributed by atoms with E-state index in [9.17, 15) is 9.59 Å². The highest BCUT2D eigenvalue weighted by atomic mass is 16.4. The van der Waals surface area contributed by atoms with E-state index < -0.39 is 5.97 Å². The molecule has 1 aromatic carbocycles. The molecule has 4 nitrogen and oxygen atoms in total. The summed E-state index contributed by atoms with van der Waals surface area (Å²) in [4.78, 5) is 20.1. The normalized spacial score (nSPS) is 9.05. The number of amides is 1. The summed E-state index contributed by atoms with van der Waals surface area (Å²) in [5.41, 5.74) is 6.00. The highest BCUT2D eigenvalue weighted by Crippen LogP contribution is 2.03. The Morgan fingerprint density at radius 2 is 1.84 bits per heavy atom. The van der Waals surface area contributed by atoms with Crippen molar-refractivity contribution in [2.24, 2.45) is 5.73 Å². The molecule has 104 valence electrons. The predicted octanol–water partition coefficient (Wildman–Crippen LogP) is 2.53. The molecule has 1 aromatic rings. The first-order chi connectivity index (χ1) is 9.06. The van der Waals surface area contributed by atoms with Gasteiger partial charge in [-0.25, -0.2) is 0 Å². The van der Waals surface area contributed by atoms with E-state index in [0.717, 1.165) is 12.8 Å². The number of primary amides is 1. The van der Waals surface area contributed by atoms with Crippen LogP contribution in [-0.2, 0) is 16.0 Å². The minimum atomic E-state index is -0.717. The van der Waals surface area contributed by atoms with Crippen molar-refractivity contribution >= 4 is 11.9 Å². The molecule has 0 aromatic heterocycles. The highest BCUT2D eigenvalue weighted by molar-refractivity contribution is 5.73. The van der Waals surface area contributed by atoms with E-state index in [1.54, 1.807) is 6.08 Å². The van der Waals surface area contributed by atoms with Gasteiger partial charge in [0.2, 0.25) is 5.91 Å². The van der Waals surface area contributed by atoms with Crippen LogP contribution in [0.5, 0.6) is 0 Å². The van der Waals surface area contributed by atoms with E-state index in [2.05, 4.69) is 6.58 Å². The van der Waals surface area contributed by atoms with E-state index >= 15 is 0 Å². The second-order valence-electron chi connectivity index (χ2n) is 4.03. The Morgan fingerprint density at radius 3 is 2.26 bits per heavy atom. The predicted molar refractivity (Wildman–Crippen MR) is 75.6 cm³/mol. The zero-order chi connectivity index (χ0) is 14.5. The molecule has 0 atom stereocenters. The lowest BCUT2D eigenvalue weighted by Crippen LogP contribution is -2.08. The van der Waals surface area contributed by atoms with Crippen LogP contribution in [0.3, 0.4) is 0 Å². The van der Waals surface area contributed by atoms with Crippen molar-refractivity contribution in [1.82, 2.24) is 0 Å². The van der Waals surface area contributed by atoms with Gasteiger partial charge in [-0.05, 0) is 24.8 Å². The first kappa shape index (κ1) is 16.9. The molecule has 0 aliphatic heterocycles. The fraction of sp³-hybridized carbons (Fsp3) is 0.333. The van der Waals surface area contributed by atoms with Gasteiger partial charge in [0.15, 0.2) is 0 Å². The smallest absolute Gasteiger partial charge is 0.303 e.